The molecule has 26 heavy (non-hydrogen) atoms. The molecule has 6 heteroatoms. The maximum Gasteiger partial charge on any atom is 0.255 e. The molecule has 0 bridgehead atoms. The Bertz CT molecular complexity index is 784. The van der Waals surface area contributed by atoms with Gasteiger partial charge in [-0.25, -0.2) is 4.98 Å². The largest absolute Gasteiger partial charge is 0.322 e. The summed E-state index contributed by atoms with van der Waals surface area (Å²) >= 11 is 1.40. The predicted molar refractivity (Wildman–Crippen MR) is 102 cm³/mol. The monoisotopic (exact) mass is 369 g/mol. The molecular formula is C20H23N3O2S. The Balaban J connectivity index is 1.56. The normalized spacial score (nSPS) is 18.6. The van der Waals surface area contributed by atoms with Crippen LogP contribution in [0.25, 0.3) is 0 Å². The summed E-state index contributed by atoms with van der Waals surface area (Å²) in [5.41, 5.74) is 1.73. The van der Waals surface area contributed by atoms with Crippen molar-refractivity contribution in [3.8, 4) is 0 Å². The van der Waals surface area contributed by atoms with E-state index < -0.39 is 6.04 Å². The quantitative estimate of drug-likeness (QED) is 0.864. The number of fused-ring (bicyclic) bond motifs is 1. The number of carbonyl (C=O) groups is 2. The molecule has 1 N–H and O–H groups in total. The Morgan fingerprint density at radius 2 is 2.08 bits per heavy atom. The Morgan fingerprint density at radius 1 is 1.27 bits per heavy atom. The second-order valence-corrected chi connectivity index (χ2v) is 8.07. The fourth-order valence-corrected chi connectivity index (χ4v) is 4.65. The average molecular weight is 369 g/mol. The highest BCUT2D eigenvalue weighted by molar-refractivity contribution is 7.13. The van der Waals surface area contributed by atoms with Gasteiger partial charge >= 0.3 is 0 Å². The van der Waals surface area contributed by atoms with Crippen molar-refractivity contribution in [2.24, 2.45) is 5.92 Å². The maximum atomic E-state index is 13.0. The molecule has 0 saturated heterocycles. The van der Waals surface area contributed by atoms with Crippen LogP contribution >= 0.6 is 11.3 Å². The molecule has 1 aromatic heterocycles. The SMILES string of the molecule is O=C(Nc1nccs1)C(CC1CCCCC1)N1Cc2ccccc2C1=O. The number of thiazole rings is 1. The van der Waals surface area contributed by atoms with Gasteiger partial charge in [0.1, 0.15) is 6.04 Å². The predicted octanol–water partition coefficient (Wildman–Crippen LogP) is 4.08. The molecule has 0 radical (unpaired) electrons. The number of benzene rings is 1. The summed E-state index contributed by atoms with van der Waals surface area (Å²) in [5, 5.41) is 5.34. The third kappa shape index (κ3) is 3.51. The fourth-order valence-electron chi connectivity index (χ4n) is 4.12. The second-order valence-electron chi connectivity index (χ2n) is 7.17. The van der Waals surface area contributed by atoms with Gasteiger partial charge in [0.2, 0.25) is 5.91 Å². The lowest BCUT2D eigenvalue weighted by molar-refractivity contribution is -0.121. The van der Waals surface area contributed by atoms with Crippen LogP contribution in [0.3, 0.4) is 0 Å². The lowest BCUT2D eigenvalue weighted by Crippen LogP contribution is -2.45. The van der Waals surface area contributed by atoms with E-state index in [9.17, 15) is 9.59 Å². The van der Waals surface area contributed by atoms with E-state index in [1.54, 1.807) is 11.1 Å². The van der Waals surface area contributed by atoms with Crippen LogP contribution in [-0.4, -0.2) is 27.7 Å². The number of aromatic nitrogens is 1. The van der Waals surface area contributed by atoms with Crippen molar-refractivity contribution in [3.63, 3.8) is 0 Å². The number of hydrogen-bond donors (Lipinski definition) is 1. The zero-order valence-corrected chi connectivity index (χ0v) is 15.5. The summed E-state index contributed by atoms with van der Waals surface area (Å²) in [4.78, 5) is 31.9. The first-order valence-electron chi connectivity index (χ1n) is 9.31. The highest BCUT2D eigenvalue weighted by Crippen LogP contribution is 2.32. The van der Waals surface area contributed by atoms with Crippen LogP contribution in [0.2, 0.25) is 0 Å². The third-order valence-electron chi connectivity index (χ3n) is 5.47. The van der Waals surface area contributed by atoms with Crippen LogP contribution in [0.15, 0.2) is 35.8 Å². The van der Waals surface area contributed by atoms with Crippen LogP contribution in [0.5, 0.6) is 0 Å². The summed E-state index contributed by atoms with van der Waals surface area (Å²) < 4.78 is 0. The van der Waals surface area contributed by atoms with E-state index in [0.717, 1.165) is 30.4 Å². The molecule has 4 rings (SSSR count). The second kappa shape index (κ2) is 7.58. The molecule has 1 saturated carbocycles. The lowest BCUT2D eigenvalue weighted by Gasteiger charge is -2.31. The number of amides is 2. The van der Waals surface area contributed by atoms with Gasteiger partial charge in [-0.3, -0.25) is 9.59 Å². The van der Waals surface area contributed by atoms with Crippen molar-refractivity contribution in [1.82, 2.24) is 9.88 Å². The van der Waals surface area contributed by atoms with Gasteiger partial charge in [0.15, 0.2) is 5.13 Å². The molecule has 2 aromatic rings. The first kappa shape index (κ1) is 17.2. The summed E-state index contributed by atoms with van der Waals surface area (Å²) in [5.74, 6) is 0.356. The molecule has 1 aromatic carbocycles. The standard InChI is InChI=1S/C20H23N3O2S/c24-18(22-20-21-10-11-26-20)17(12-14-6-2-1-3-7-14)23-13-15-8-4-5-9-16(15)19(23)25/h4-5,8-11,14,17H,1-3,6-7,12-13H2,(H,21,22,24). The van der Waals surface area contributed by atoms with Gasteiger partial charge in [0.05, 0.1) is 0 Å². The Hall–Kier alpha value is -2.21. The van der Waals surface area contributed by atoms with Crippen molar-refractivity contribution in [2.45, 2.75) is 51.1 Å². The van der Waals surface area contributed by atoms with E-state index in [1.165, 1.54) is 30.6 Å². The van der Waals surface area contributed by atoms with Gasteiger partial charge in [0, 0.05) is 23.7 Å². The van der Waals surface area contributed by atoms with Crippen molar-refractivity contribution in [2.75, 3.05) is 5.32 Å². The van der Waals surface area contributed by atoms with Gasteiger partial charge in [0.25, 0.3) is 5.91 Å². The Kier molecular flexibility index (Phi) is 5.02. The van der Waals surface area contributed by atoms with Crippen LogP contribution in [0.4, 0.5) is 5.13 Å². The minimum absolute atomic E-state index is 0.0318. The minimum atomic E-state index is -0.443. The number of carbonyl (C=O) groups excluding carboxylic acids is 2. The molecule has 1 atom stereocenters. The van der Waals surface area contributed by atoms with E-state index in [1.807, 2.05) is 29.6 Å². The van der Waals surface area contributed by atoms with Gasteiger partial charge < -0.3 is 10.2 Å². The van der Waals surface area contributed by atoms with Crippen molar-refractivity contribution in [3.05, 3.63) is 47.0 Å². The number of nitrogens with zero attached hydrogens (tertiary/aromatic N) is 2. The first-order chi connectivity index (χ1) is 12.7. The topological polar surface area (TPSA) is 62.3 Å². The molecule has 0 spiro atoms. The highest BCUT2D eigenvalue weighted by atomic mass is 32.1. The van der Waals surface area contributed by atoms with Crippen LogP contribution in [0.1, 0.15) is 54.4 Å². The van der Waals surface area contributed by atoms with Crippen LogP contribution < -0.4 is 5.32 Å². The van der Waals surface area contributed by atoms with Crippen LogP contribution in [-0.2, 0) is 11.3 Å². The Morgan fingerprint density at radius 3 is 2.81 bits per heavy atom. The van der Waals surface area contributed by atoms with Crippen molar-refractivity contribution < 1.29 is 9.59 Å². The minimum Gasteiger partial charge on any atom is -0.322 e. The number of anilines is 1. The molecule has 2 heterocycles. The fraction of sp³-hybridized carbons (Fsp3) is 0.450. The molecule has 5 nitrogen and oxygen atoms in total. The van der Waals surface area contributed by atoms with Gasteiger partial charge in [-0.1, -0.05) is 50.3 Å². The van der Waals surface area contributed by atoms with E-state index in [0.29, 0.717) is 17.6 Å². The van der Waals surface area contributed by atoms with Crippen molar-refractivity contribution >= 4 is 28.3 Å². The Labute approximate surface area is 157 Å². The van der Waals surface area contributed by atoms with Gasteiger partial charge in [-0.15, -0.1) is 11.3 Å². The molecule has 1 aliphatic heterocycles. The van der Waals surface area contributed by atoms with Crippen molar-refractivity contribution in [1.29, 1.82) is 0 Å². The van der Waals surface area contributed by atoms with E-state index >= 15 is 0 Å². The molecular weight excluding hydrogens is 346 g/mol. The third-order valence-corrected chi connectivity index (χ3v) is 6.16. The molecule has 2 amide bonds. The molecule has 1 fully saturated rings. The zero-order valence-electron chi connectivity index (χ0n) is 14.7. The average Bonchev–Trinajstić information content (AvgIpc) is 3.29. The summed E-state index contributed by atoms with van der Waals surface area (Å²) in [6, 6.07) is 7.22. The molecule has 1 aliphatic carbocycles. The number of nitrogens with one attached hydrogen (secondary N) is 1. The van der Waals surface area contributed by atoms with Gasteiger partial charge in [-0.05, 0) is 24.0 Å². The smallest absolute Gasteiger partial charge is 0.255 e. The summed E-state index contributed by atoms with van der Waals surface area (Å²) in [7, 11) is 0. The summed E-state index contributed by atoms with van der Waals surface area (Å²) in [6.07, 6.45) is 8.43. The number of hydrogen-bond acceptors (Lipinski definition) is 4. The maximum absolute atomic E-state index is 13.0. The molecule has 2 aliphatic rings. The number of rotatable bonds is 5. The first-order valence-corrected chi connectivity index (χ1v) is 10.2. The van der Waals surface area contributed by atoms with Gasteiger partial charge in [-0.2, -0.15) is 0 Å². The zero-order chi connectivity index (χ0) is 17.9. The van der Waals surface area contributed by atoms with Crippen LogP contribution in [0, 0.1) is 5.92 Å². The molecule has 136 valence electrons. The van der Waals surface area contributed by atoms with E-state index in [-0.39, 0.29) is 11.8 Å². The van der Waals surface area contributed by atoms with E-state index in [4.69, 9.17) is 0 Å². The highest BCUT2D eigenvalue weighted by Gasteiger charge is 2.37. The summed E-state index contributed by atoms with van der Waals surface area (Å²) in [6.45, 7) is 0.512. The lowest BCUT2D eigenvalue weighted by atomic mass is 9.84. The van der Waals surface area contributed by atoms with E-state index in [2.05, 4.69) is 10.3 Å². The molecule has 1 unspecified atom stereocenters.